The highest BCUT2D eigenvalue weighted by Gasteiger charge is 2.55. The molecule has 5 aromatic rings. The van der Waals surface area contributed by atoms with Crippen LogP contribution in [0.1, 0.15) is 106 Å². The van der Waals surface area contributed by atoms with Gasteiger partial charge in [-0.15, -0.1) is 0 Å². The molecule has 16 nitrogen and oxygen atoms in total. The van der Waals surface area contributed by atoms with Crippen LogP contribution in [0.5, 0.6) is 5.88 Å². The average molecular weight is 959 g/mol. The number of fused-ring (bicyclic) bond motifs is 3. The Morgan fingerprint density at radius 3 is 2.58 bits per heavy atom. The molecular weight excluding hydrogens is 897 g/mol. The smallest absolute Gasteiger partial charge is 0.293 e. The van der Waals surface area contributed by atoms with Crippen LogP contribution < -0.4 is 24.6 Å². The zero-order chi connectivity index (χ0) is 47.8. The first kappa shape index (κ1) is 45.7. The van der Waals surface area contributed by atoms with Crippen molar-refractivity contribution in [2.45, 2.75) is 113 Å². The molecule has 3 saturated heterocycles. The number of amides is 1. The molecule has 0 bridgehead atoms. The van der Waals surface area contributed by atoms with Gasteiger partial charge in [-0.05, 0) is 130 Å². The SMILES string of the molecule is CO[C@]1(C)CC[C@H](CNc2ccc(S(=O)(=O)NC(=O)c3ccc(N4CC5(CC(N6CCC[C@H]6c6ccccc6C(C)C)C5)C4)cc3N3c4cc5cc[nH]c5nc4O[C@@H]4COC[C@H]43)cc2[N+](=O)[O-])CC1. The highest BCUT2D eigenvalue weighted by Crippen LogP contribution is 2.55. The molecule has 5 fully saturated rings. The molecule has 2 saturated carbocycles. The molecule has 3 atom stereocenters. The lowest BCUT2D eigenvalue weighted by Crippen LogP contribution is -2.66. The summed E-state index contributed by atoms with van der Waals surface area (Å²) in [5, 5.41) is 16.4. The molecule has 2 aromatic heterocycles. The van der Waals surface area contributed by atoms with E-state index in [1.54, 1.807) is 13.2 Å². The number of hydrogen-bond donors (Lipinski definition) is 3. The summed E-state index contributed by atoms with van der Waals surface area (Å²) >= 11 is 0. The minimum atomic E-state index is -4.60. The number of carbonyl (C=O) groups excluding carboxylic acids is 1. The molecule has 3 N–H and O–H groups in total. The molecule has 17 heteroatoms. The van der Waals surface area contributed by atoms with Crippen LogP contribution in [0.25, 0.3) is 11.0 Å². The monoisotopic (exact) mass is 958 g/mol. The van der Waals surface area contributed by atoms with Crippen LogP contribution in [0.4, 0.5) is 28.4 Å². The van der Waals surface area contributed by atoms with Gasteiger partial charge in [-0.1, -0.05) is 38.1 Å². The van der Waals surface area contributed by atoms with Crippen LogP contribution in [0, 0.1) is 21.4 Å². The summed E-state index contributed by atoms with van der Waals surface area (Å²) in [4.78, 5) is 41.1. The zero-order valence-corrected chi connectivity index (χ0v) is 40.6. The number of sulfonamides is 1. The van der Waals surface area contributed by atoms with Crippen LogP contribution in [0.15, 0.2) is 83.9 Å². The number of hydrogen-bond acceptors (Lipinski definition) is 13. The van der Waals surface area contributed by atoms with E-state index < -0.39 is 37.5 Å². The molecule has 2 aliphatic carbocycles. The topological polar surface area (TPSA) is 184 Å². The van der Waals surface area contributed by atoms with Gasteiger partial charge in [0.1, 0.15) is 23.1 Å². The summed E-state index contributed by atoms with van der Waals surface area (Å²) in [7, 11) is -2.87. The summed E-state index contributed by atoms with van der Waals surface area (Å²) in [5.41, 5.74) is 5.57. The summed E-state index contributed by atoms with van der Waals surface area (Å²) in [6, 6.07) is 22.7. The molecule has 0 radical (unpaired) electrons. The minimum Gasteiger partial charge on any atom is -0.468 e. The first-order chi connectivity index (χ1) is 33.2. The molecule has 69 heavy (non-hydrogen) atoms. The number of H-pyrrole nitrogens is 1. The van der Waals surface area contributed by atoms with Gasteiger partial charge in [0, 0.05) is 67.6 Å². The number of rotatable bonds is 13. The Balaban J connectivity index is 0.859. The van der Waals surface area contributed by atoms with Crippen LogP contribution in [0.2, 0.25) is 0 Å². The van der Waals surface area contributed by atoms with E-state index in [1.165, 1.54) is 36.1 Å². The van der Waals surface area contributed by atoms with E-state index >= 15 is 0 Å². The Hall–Kier alpha value is -5.75. The number of nitrogens with zero attached hydrogens (tertiary/aromatic N) is 5. The molecule has 1 amide bonds. The van der Waals surface area contributed by atoms with E-state index in [9.17, 15) is 23.3 Å². The summed E-state index contributed by atoms with van der Waals surface area (Å²) in [6.45, 7) is 10.7. The van der Waals surface area contributed by atoms with Crippen LogP contribution >= 0.6 is 0 Å². The lowest BCUT2D eigenvalue weighted by molar-refractivity contribution is -0.384. The number of nitro benzene ring substituents is 1. The zero-order valence-electron chi connectivity index (χ0n) is 39.8. The molecule has 1 spiro atoms. The quantitative estimate of drug-likeness (QED) is 0.0752. The van der Waals surface area contributed by atoms with Gasteiger partial charge in [-0.25, -0.2) is 13.1 Å². The van der Waals surface area contributed by atoms with E-state index in [4.69, 9.17) is 19.2 Å². The lowest BCUT2D eigenvalue weighted by atomic mass is 9.60. The second-order valence-corrected chi connectivity index (χ2v) is 22.7. The number of nitro groups is 1. The summed E-state index contributed by atoms with van der Waals surface area (Å²) in [5.74, 6) is 0.257. The van der Waals surface area contributed by atoms with E-state index in [-0.39, 0.29) is 34.2 Å². The van der Waals surface area contributed by atoms with E-state index in [0.29, 0.717) is 60.7 Å². The largest absolute Gasteiger partial charge is 0.468 e. The second-order valence-electron chi connectivity index (χ2n) is 21.0. The number of aromatic amines is 1. The number of nitrogens with one attached hydrogen (secondary N) is 3. The van der Waals surface area contributed by atoms with Crippen molar-refractivity contribution in [2.24, 2.45) is 11.3 Å². The molecule has 11 rings (SSSR count). The molecule has 6 heterocycles. The second kappa shape index (κ2) is 17.6. The number of aromatic nitrogens is 2. The van der Waals surface area contributed by atoms with Gasteiger partial charge < -0.3 is 34.3 Å². The molecular formula is C52H62N8O8S. The third-order valence-electron chi connectivity index (χ3n) is 16.3. The maximum absolute atomic E-state index is 14.6. The van der Waals surface area contributed by atoms with Gasteiger partial charge in [0.05, 0.1) is 45.9 Å². The Bertz CT molecular complexity index is 2900. The van der Waals surface area contributed by atoms with Crippen molar-refractivity contribution in [2.75, 3.05) is 61.6 Å². The Morgan fingerprint density at radius 1 is 1.01 bits per heavy atom. The van der Waals surface area contributed by atoms with Gasteiger partial charge in [-0.2, -0.15) is 4.98 Å². The standard InChI is InChI=1S/C52H62N8O8S/c1-32(2)38-8-5-6-9-39(38)42-10-7-21-58(42)36-25-52(26-36)30-57(31-52)35-11-13-40(43(23-35)59-45-22-34-17-20-53-48(34)55-50(45)68-47-29-67-28-46(47)59)49(61)56-69(64,65)37-12-14-41(44(24-37)60(62)63)54-27-33-15-18-51(3,66-4)19-16-33/h5-6,8-9,11-14,17,20,22-24,32-33,36,42,46-47,54H,7,10,15-16,18-19,21,25-31H2,1-4H3,(H,53,55)(H,56,61)/t33-,42-,46+,47+,51+/m0/s1. The average Bonchev–Trinajstić information content (AvgIpc) is 4.11. The van der Waals surface area contributed by atoms with Gasteiger partial charge >= 0.3 is 0 Å². The fraction of sp³-hybridized carbons (Fsp3) is 0.500. The third kappa shape index (κ3) is 8.38. The highest BCUT2D eigenvalue weighted by atomic mass is 32.2. The highest BCUT2D eigenvalue weighted by molar-refractivity contribution is 7.90. The summed E-state index contributed by atoms with van der Waals surface area (Å²) < 4.78 is 48.6. The molecule has 0 unspecified atom stereocenters. The fourth-order valence-corrected chi connectivity index (χ4v) is 13.3. The van der Waals surface area contributed by atoms with Crippen molar-refractivity contribution >= 4 is 55.4 Å². The van der Waals surface area contributed by atoms with E-state index in [0.717, 1.165) is 75.3 Å². The first-order valence-electron chi connectivity index (χ1n) is 24.6. The normalized spacial score (nSPS) is 25.5. The maximum atomic E-state index is 14.6. The van der Waals surface area contributed by atoms with Crippen molar-refractivity contribution in [1.82, 2.24) is 19.6 Å². The Kier molecular flexibility index (Phi) is 11.6. The molecule has 6 aliphatic rings. The van der Waals surface area contributed by atoms with Gasteiger partial charge in [0.2, 0.25) is 5.88 Å². The third-order valence-corrected chi connectivity index (χ3v) is 17.6. The van der Waals surface area contributed by atoms with Crippen molar-refractivity contribution in [1.29, 1.82) is 0 Å². The van der Waals surface area contributed by atoms with E-state index in [1.807, 2.05) is 35.4 Å². The van der Waals surface area contributed by atoms with Gasteiger partial charge in [0.15, 0.2) is 0 Å². The molecule has 3 aromatic carbocycles. The van der Waals surface area contributed by atoms with Gasteiger partial charge in [0.25, 0.3) is 21.6 Å². The Labute approximate surface area is 403 Å². The van der Waals surface area contributed by atoms with Crippen LogP contribution in [-0.4, -0.2) is 104 Å². The number of carbonyl (C=O) groups is 1. The number of methoxy groups -OCH3 is 1. The maximum Gasteiger partial charge on any atom is 0.293 e. The first-order valence-corrected chi connectivity index (χ1v) is 26.1. The van der Waals surface area contributed by atoms with Gasteiger partial charge in [-0.3, -0.25) is 19.8 Å². The minimum absolute atomic E-state index is 0.112. The van der Waals surface area contributed by atoms with Crippen molar-refractivity contribution in [3.63, 3.8) is 0 Å². The van der Waals surface area contributed by atoms with Crippen molar-refractivity contribution in [3.8, 4) is 5.88 Å². The number of benzene rings is 3. The molecule has 364 valence electrons. The lowest BCUT2D eigenvalue weighted by Gasteiger charge is -2.62. The number of ether oxygens (including phenoxy) is 3. The predicted octanol–water partition coefficient (Wildman–Crippen LogP) is 8.82. The van der Waals surface area contributed by atoms with Crippen molar-refractivity contribution < 1.29 is 32.3 Å². The predicted molar refractivity (Wildman–Crippen MR) is 264 cm³/mol. The van der Waals surface area contributed by atoms with Crippen LogP contribution in [-0.2, 0) is 19.5 Å². The number of pyridine rings is 1. The number of likely N-dealkylation sites (tertiary alicyclic amines) is 1. The fourth-order valence-electron chi connectivity index (χ4n) is 12.3. The van der Waals surface area contributed by atoms with Crippen LogP contribution in [0.3, 0.4) is 0 Å². The number of anilines is 4. The van der Waals surface area contributed by atoms with Crippen molar-refractivity contribution in [3.05, 3.63) is 106 Å². The summed E-state index contributed by atoms with van der Waals surface area (Å²) in [6.07, 6.45) is 9.63. The molecule has 4 aliphatic heterocycles. The Morgan fingerprint density at radius 2 is 1.81 bits per heavy atom. The van der Waals surface area contributed by atoms with E-state index in [2.05, 4.69) is 69.9 Å².